The number of aromatic nitrogens is 2. The molecule has 0 fully saturated rings. The highest BCUT2D eigenvalue weighted by atomic mass is 35.5. The second-order valence-electron chi connectivity index (χ2n) is 4.63. The summed E-state index contributed by atoms with van der Waals surface area (Å²) in [7, 11) is 0. The van der Waals surface area contributed by atoms with Crippen molar-refractivity contribution < 1.29 is 0 Å². The van der Waals surface area contributed by atoms with Gasteiger partial charge in [-0.05, 0) is 25.0 Å². The first-order valence-corrected chi connectivity index (χ1v) is 6.81. The van der Waals surface area contributed by atoms with Crippen molar-refractivity contribution in [1.82, 2.24) is 9.55 Å². The van der Waals surface area contributed by atoms with E-state index < -0.39 is 0 Å². The molecule has 0 amide bonds. The molecular weight excluding hydrogens is 244 g/mol. The average molecular weight is 267 g/mol. The standard InChI is InChI=1S/C15H22N2.ClH/c1-3-5-8-12-17-14-11-7-6-10-13(14)16-15(17)9-4-2;/h6-7,10-11H,3-5,8-9,12H2,1-2H3;1H. The van der Waals surface area contributed by atoms with Crippen molar-refractivity contribution in [2.45, 2.75) is 52.5 Å². The van der Waals surface area contributed by atoms with Gasteiger partial charge in [-0.25, -0.2) is 4.98 Å². The van der Waals surface area contributed by atoms with Crippen LogP contribution in [0.1, 0.15) is 45.4 Å². The first-order valence-electron chi connectivity index (χ1n) is 6.81. The number of nitrogens with zero attached hydrogens (tertiary/aromatic N) is 2. The van der Waals surface area contributed by atoms with Crippen LogP contribution in [0.15, 0.2) is 24.3 Å². The smallest absolute Gasteiger partial charge is 0.109 e. The molecule has 0 spiro atoms. The van der Waals surface area contributed by atoms with Crippen LogP contribution < -0.4 is 0 Å². The first kappa shape index (κ1) is 15.0. The molecule has 1 aromatic carbocycles. The lowest BCUT2D eigenvalue weighted by molar-refractivity contribution is 0.588. The summed E-state index contributed by atoms with van der Waals surface area (Å²) in [6.07, 6.45) is 6.08. The maximum absolute atomic E-state index is 4.74. The van der Waals surface area contributed by atoms with E-state index in [0.717, 1.165) is 24.9 Å². The number of aryl methyl sites for hydroxylation is 2. The van der Waals surface area contributed by atoms with Crippen molar-refractivity contribution in [3.05, 3.63) is 30.1 Å². The molecule has 18 heavy (non-hydrogen) atoms. The zero-order valence-corrected chi connectivity index (χ0v) is 12.2. The van der Waals surface area contributed by atoms with Crippen molar-refractivity contribution in [3.63, 3.8) is 0 Å². The van der Waals surface area contributed by atoms with E-state index in [2.05, 4.69) is 42.7 Å². The normalized spacial score (nSPS) is 10.6. The molecule has 0 aliphatic carbocycles. The molecule has 0 aliphatic rings. The second-order valence-corrected chi connectivity index (χ2v) is 4.63. The van der Waals surface area contributed by atoms with Gasteiger partial charge in [-0.1, -0.05) is 38.8 Å². The summed E-state index contributed by atoms with van der Waals surface area (Å²) in [5, 5.41) is 0. The number of para-hydroxylation sites is 2. The minimum absolute atomic E-state index is 0. The highest BCUT2D eigenvalue weighted by Crippen LogP contribution is 2.18. The van der Waals surface area contributed by atoms with Crippen LogP contribution in [0.25, 0.3) is 11.0 Å². The summed E-state index contributed by atoms with van der Waals surface area (Å²) in [5.74, 6) is 1.25. The number of unbranched alkanes of at least 4 members (excludes halogenated alkanes) is 2. The van der Waals surface area contributed by atoms with Gasteiger partial charge < -0.3 is 4.57 Å². The number of rotatable bonds is 6. The molecule has 0 unspecified atom stereocenters. The molecular formula is C15H23ClN2. The fourth-order valence-corrected chi connectivity index (χ4v) is 2.31. The van der Waals surface area contributed by atoms with Crippen molar-refractivity contribution in [2.75, 3.05) is 0 Å². The molecule has 1 heterocycles. The molecule has 0 N–H and O–H groups in total. The lowest BCUT2D eigenvalue weighted by Gasteiger charge is -2.08. The maximum Gasteiger partial charge on any atom is 0.109 e. The molecule has 0 aliphatic heterocycles. The van der Waals surface area contributed by atoms with Gasteiger partial charge in [0, 0.05) is 13.0 Å². The SMILES string of the molecule is CCCCCn1c(CCC)nc2ccccc21.Cl. The zero-order valence-electron chi connectivity index (χ0n) is 11.4. The van der Waals surface area contributed by atoms with Gasteiger partial charge in [-0.2, -0.15) is 0 Å². The zero-order chi connectivity index (χ0) is 12.1. The third-order valence-corrected chi connectivity index (χ3v) is 3.19. The molecule has 2 aromatic rings. The average Bonchev–Trinajstić information content (AvgIpc) is 2.69. The molecule has 0 atom stereocenters. The predicted molar refractivity (Wildman–Crippen MR) is 80.5 cm³/mol. The summed E-state index contributed by atoms with van der Waals surface area (Å²) in [5.41, 5.74) is 2.44. The lowest BCUT2D eigenvalue weighted by Crippen LogP contribution is -2.03. The van der Waals surface area contributed by atoms with Crippen LogP contribution in [-0.4, -0.2) is 9.55 Å². The van der Waals surface area contributed by atoms with E-state index in [-0.39, 0.29) is 12.4 Å². The summed E-state index contributed by atoms with van der Waals surface area (Å²) in [6.45, 7) is 5.58. The molecule has 100 valence electrons. The van der Waals surface area contributed by atoms with Crippen LogP contribution in [0.3, 0.4) is 0 Å². The van der Waals surface area contributed by atoms with E-state index >= 15 is 0 Å². The lowest BCUT2D eigenvalue weighted by atomic mass is 10.2. The second kappa shape index (κ2) is 7.42. The van der Waals surface area contributed by atoms with Gasteiger partial charge in [0.05, 0.1) is 11.0 Å². The van der Waals surface area contributed by atoms with Crippen LogP contribution >= 0.6 is 12.4 Å². The Bertz CT molecular complexity index is 476. The third-order valence-electron chi connectivity index (χ3n) is 3.19. The van der Waals surface area contributed by atoms with E-state index in [1.165, 1.54) is 30.6 Å². The Morgan fingerprint density at radius 3 is 2.56 bits per heavy atom. The minimum Gasteiger partial charge on any atom is -0.328 e. The van der Waals surface area contributed by atoms with Crippen LogP contribution in [0.4, 0.5) is 0 Å². The largest absolute Gasteiger partial charge is 0.328 e. The minimum atomic E-state index is 0. The van der Waals surface area contributed by atoms with E-state index in [9.17, 15) is 0 Å². The topological polar surface area (TPSA) is 17.8 Å². The Kier molecular flexibility index (Phi) is 6.20. The first-order chi connectivity index (χ1) is 8.36. The fraction of sp³-hybridized carbons (Fsp3) is 0.533. The van der Waals surface area contributed by atoms with Crippen molar-refractivity contribution in [3.8, 4) is 0 Å². The molecule has 0 saturated heterocycles. The van der Waals surface area contributed by atoms with E-state index in [1.807, 2.05) is 0 Å². The van der Waals surface area contributed by atoms with Gasteiger partial charge in [0.1, 0.15) is 5.82 Å². The number of halogens is 1. The molecule has 0 saturated carbocycles. The van der Waals surface area contributed by atoms with Crippen LogP contribution in [0.2, 0.25) is 0 Å². The highest BCUT2D eigenvalue weighted by Gasteiger charge is 2.08. The summed E-state index contributed by atoms with van der Waals surface area (Å²) >= 11 is 0. The van der Waals surface area contributed by atoms with E-state index in [4.69, 9.17) is 4.98 Å². The monoisotopic (exact) mass is 266 g/mol. The Morgan fingerprint density at radius 1 is 1.06 bits per heavy atom. The van der Waals surface area contributed by atoms with Crippen LogP contribution in [0.5, 0.6) is 0 Å². The van der Waals surface area contributed by atoms with Crippen molar-refractivity contribution in [1.29, 1.82) is 0 Å². The van der Waals surface area contributed by atoms with Gasteiger partial charge >= 0.3 is 0 Å². The molecule has 0 bridgehead atoms. The number of benzene rings is 1. The Hall–Kier alpha value is -1.02. The van der Waals surface area contributed by atoms with Gasteiger partial charge in [-0.15, -0.1) is 12.4 Å². The quantitative estimate of drug-likeness (QED) is 0.699. The third kappa shape index (κ3) is 3.26. The summed E-state index contributed by atoms with van der Waals surface area (Å²) in [6, 6.07) is 8.48. The van der Waals surface area contributed by atoms with Crippen molar-refractivity contribution >= 4 is 23.4 Å². The fourth-order valence-electron chi connectivity index (χ4n) is 2.31. The highest BCUT2D eigenvalue weighted by molar-refractivity contribution is 5.85. The predicted octanol–water partition coefficient (Wildman–Crippen LogP) is 4.60. The maximum atomic E-state index is 4.74. The molecule has 0 radical (unpaired) electrons. The number of fused-ring (bicyclic) bond motifs is 1. The van der Waals surface area contributed by atoms with Crippen molar-refractivity contribution in [2.24, 2.45) is 0 Å². The molecule has 2 nitrogen and oxygen atoms in total. The number of imidazole rings is 1. The Balaban J connectivity index is 0.00000162. The molecule has 2 rings (SSSR count). The number of hydrogen-bond acceptors (Lipinski definition) is 1. The van der Waals surface area contributed by atoms with Gasteiger partial charge in [0.25, 0.3) is 0 Å². The van der Waals surface area contributed by atoms with E-state index in [1.54, 1.807) is 0 Å². The summed E-state index contributed by atoms with van der Waals surface area (Å²) < 4.78 is 2.41. The van der Waals surface area contributed by atoms with Gasteiger partial charge in [0.15, 0.2) is 0 Å². The molecule has 1 aromatic heterocycles. The Morgan fingerprint density at radius 2 is 1.83 bits per heavy atom. The summed E-state index contributed by atoms with van der Waals surface area (Å²) in [4.78, 5) is 4.74. The van der Waals surface area contributed by atoms with Crippen LogP contribution in [-0.2, 0) is 13.0 Å². The Labute approximate surface area is 116 Å². The van der Waals surface area contributed by atoms with Crippen LogP contribution in [0, 0.1) is 0 Å². The van der Waals surface area contributed by atoms with Gasteiger partial charge in [-0.3, -0.25) is 0 Å². The van der Waals surface area contributed by atoms with E-state index in [0.29, 0.717) is 0 Å². The van der Waals surface area contributed by atoms with Gasteiger partial charge in [0.2, 0.25) is 0 Å². The molecule has 3 heteroatoms. The number of hydrogen-bond donors (Lipinski definition) is 0.